The third-order valence-corrected chi connectivity index (χ3v) is 19.0. The molecule has 0 aromatic carbocycles. The van der Waals surface area contributed by atoms with Gasteiger partial charge in [-0.2, -0.15) is 7.11 Å². The maximum Gasteiger partial charge on any atom is 1.00 e. The molecule has 0 aliphatic carbocycles. The number of rotatable bonds is 34. The van der Waals surface area contributed by atoms with Gasteiger partial charge in [0, 0.05) is 139 Å². The Balaban J connectivity index is -0.000000379. The molecule has 0 spiro atoms. The average molecular weight is 2000 g/mol. The second-order valence-electron chi connectivity index (χ2n) is 32.5. The fraction of sp³-hybridized carbons (Fsp3) is 0.779. The number of ketones is 2. The van der Waals surface area contributed by atoms with E-state index in [0.717, 1.165) is 109 Å². The minimum atomic E-state index is -3.67. The number of aliphatic hydroxyl groups is 2. The molecular weight excluding hydrogens is 1860 g/mol. The van der Waals surface area contributed by atoms with E-state index >= 15 is 0 Å². The van der Waals surface area contributed by atoms with Crippen molar-refractivity contribution >= 4 is 131 Å². The molecule has 50 heteroatoms. The van der Waals surface area contributed by atoms with E-state index < -0.39 is 205 Å². The van der Waals surface area contributed by atoms with Crippen molar-refractivity contribution in [2.45, 2.75) is 324 Å². The molecule has 0 saturated carbocycles. The van der Waals surface area contributed by atoms with Crippen molar-refractivity contribution in [3.05, 3.63) is 0 Å². The van der Waals surface area contributed by atoms with Crippen LogP contribution in [0.1, 0.15) is 232 Å². The summed E-state index contributed by atoms with van der Waals surface area (Å²) in [6, 6.07) is 0. The van der Waals surface area contributed by atoms with Gasteiger partial charge < -0.3 is 120 Å². The minimum Gasteiger partial charge on any atom is -0.857 e. The molecule has 5 fully saturated rings. The summed E-state index contributed by atoms with van der Waals surface area (Å²) in [5, 5.41) is 24.7. The number of esters is 16. The van der Waals surface area contributed by atoms with E-state index in [4.69, 9.17) is 122 Å². The number of halogens is 4. The molecule has 0 amide bonds. The van der Waals surface area contributed by atoms with Gasteiger partial charge in [0.2, 0.25) is 17.6 Å². The van der Waals surface area contributed by atoms with Crippen LogP contribution in [0.15, 0.2) is 0 Å². The predicted molar refractivity (Wildman–Crippen MR) is 458 cm³/mol. The van der Waals surface area contributed by atoms with Crippen molar-refractivity contribution in [1.29, 1.82) is 0 Å². The Morgan fingerprint density at radius 3 is 0.882 bits per heavy atom. The monoisotopic (exact) mass is 2000 g/mol. The van der Waals surface area contributed by atoms with E-state index in [2.05, 4.69) is 9.47 Å². The molecule has 5 saturated heterocycles. The van der Waals surface area contributed by atoms with Crippen LogP contribution in [-0.4, -0.2) is 309 Å². The second kappa shape index (κ2) is 71.7. The number of cyclic esters (lactones) is 2. The van der Waals surface area contributed by atoms with Crippen LogP contribution < -0.4 is 34.7 Å². The van der Waals surface area contributed by atoms with Crippen LogP contribution in [-0.2, 0) is 195 Å². The van der Waals surface area contributed by atoms with E-state index in [1.807, 2.05) is 41.5 Å². The first-order valence-electron chi connectivity index (χ1n) is 42.3. The van der Waals surface area contributed by atoms with Gasteiger partial charge in [-0.1, -0.05) is 41.5 Å². The Bertz CT molecular complexity index is 3580. The van der Waals surface area contributed by atoms with Crippen molar-refractivity contribution in [1.82, 2.24) is 0 Å². The molecule has 5 aliphatic rings. The molecule has 15 atom stereocenters. The van der Waals surface area contributed by atoms with Gasteiger partial charge in [-0.3, -0.25) is 104 Å². The zero-order valence-electron chi connectivity index (χ0n) is 83.5. The van der Waals surface area contributed by atoms with Gasteiger partial charge in [0.1, 0.15) is 49.7 Å². The van der Waals surface area contributed by atoms with Crippen LogP contribution >= 0.6 is 11.6 Å². The Morgan fingerprint density at radius 1 is 0.412 bits per heavy atom. The average Bonchev–Trinajstić information content (AvgIpc) is 0.866. The molecule has 0 aromatic heterocycles. The predicted octanol–water partition coefficient (Wildman–Crippen LogP) is 2.73. The normalized spacial score (nSPS) is 21.9. The Hall–Kier alpha value is -8.69. The molecule has 0 aromatic rings. The zero-order chi connectivity index (χ0) is 106. The fourth-order valence-electron chi connectivity index (χ4n) is 10.7. The van der Waals surface area contributed by atoms with Crippen LogP contribution in [0.4, 0.5) is 12.9 Å². The van der Waals surface area contributed by atoms with Crippen LogP contribution in [0.3, 0.4) is 0 Å². The number of carbonyl (C=O) groups is 19. The SMILES string of the molecule is CC(=O)C(C)(C)CCO.CC(=O)OC[C@H]1O[C@@H](OC(C)=O)[C@H](OC(C)=O)[C@@H](OC(C)=O)[C@H]1OC(C)=O.CC(=O)OC[C@H]1O[C@@H](OCCC(C)(C)C(=O)Cl)[C@H](OC(C)=O)[C@@H](OC(C)=O)[C@H]1OC(C)=O.CC(=O)OC[C@H]1O[C@@H](OCCC(C)(C)C(C)=O)[C@H](OC(C)=O)[C@@H](OC(C)=O)[C@H]1OC(C)=O.CC1(C)CCOC1=O.CCOCC.COC(=O)C(C)(C)CCO.C[O-].FB(F)F.O=C1CCCO1.[Na+]. The molecule has 0 bridgehead atoms. The van der Waals surface area contributed by atoms with Gasteiger partial charge in [0.25, 0.3) is 0 Å². The number of carbonyl (C=O) groups excluding carboxylic acids is 19. The van der Waals surface area contributed by atoms with Crippen LogP contribution in [0.5, 0.6) is 0 Å². The third kappa shape index (κ3) is 62.3. The minimum absolute atomic E-state index is 0. The van der Waals surface area contributed by atoms with Crippen molar-refractivity contribution in [2.75, 3.05) is 86.9 Å². The first-order valence-corrected chi connectivity index (χ1v) is 42.7. The van der Waals surface area contributed by atoms with Gasteiger partial charge >= 0.3 is 133 Å². The summed E-state index contributed by atoms with van der Waals surface area (Å²) in [5.41, 5.74) is -2.67. The maximum absolute atomic E-state index is 11.8. The molecule has 5 aliphatic heterocycles. The smallest absolute Gasteiger partial charge is 0.857 e. The Labute approximate surface area is 818 Å². The van der Waals surface area contributed by atoms with Crippen molar-refractivity contribution in [3.63, 3.8) is 0 Å². The summed E-state index contributed by atoms with van der Waals surface area (Å²) in [6.45, 7) is 41.4. The number of aliphatic hydroxyl groups excluding tert-OH is 2. The van der Waals surface area contributed by atoms with Crippen LogP contribution in [0, 0.1) is 27.1 Å². The summed E-state index contributed by atoms with van der Waals surface area (Å²) >= 11 is 5.58. The van der Waals surface area contributed by atoms with Gasteiger partial charge in [-0.05, 0) is 106 Å². The molecule has 44 nitrogen and oxygen atoms in total. The summed E-state index contributed by atoms with van der Waals surface area (Å²) in [5.74, 6) is -9.60. The summed E-state index contributed by atoms with van der Waals surface area (Å²) in [6.07, 6.45) is -15.2. The topological polar surface area (TPSA) is 591 Å². The Morgan fingerprint density at radius 2 is 0.684 bits per heavy atom. The first-order chi connectivity index (χ1) is 62.2. The number of Topliss-reactive ketones (excluding diaryl/α,β-unsaturated/α-hetero) is 2. The van der Waals surface area contributed by atoms with Crippen LogP contribution in [0.2, 0.25) is 0 Å². The standard InChI is InChI=1S/C21H32O11.C20H29ClO11.C16H22O11.C7H14O3.C7H14O2.C6H10O2.C4H6O2.C4H10O.CH3O.BF3.Na/c1-11(22)21(6,7)8-9-27-20-19(31-15(5)26)18(30-14(4)25)17(29-13(3)24)16(32-20)10-28-12(2)23;1-10(22)28-9-14-15(29-11(2)23)16(30-12(3)24)17(31-13(4)25)18(32-14)27-8-7-20(5,6)19(21)26;1-7(17)22-6-12-13(23-8(2)18)14(24-9(3)19)15(25-10(4)20)16(27-12)26-11(5)21;1-7(2,4-5-8)6(9)10-3;1-6(9)7(2,3)4-5-8;1-6(2)3-4-8-5(6)7;5-4-2-1-3-6-4;1-3-5-4-2;1-2;2-1(3)4;/h16-20H,8-10H2,1-7H3;14-18H,7-9H2,1-6H3;12-16H,6H2,1-5H3;8H,4-5H2,1-3H3;8H,4-5H2,1-3H3;3-4H2,1-2H3;1-3H2;3-4H2,1-2H3;1H3;;/q;;;;;;;;-1;;+1/t16-,17+,18+,19-,20-;14-,15+,16+,17-,18-;12-,13+,14+,15-,16-;;;;;;;;/m111......../s1. The van der Waals surface area contributed by atoms with E-state index in [-0.39, 0.29) is 116 Å². The molecule has 5 rings (SSSR count). The molecule has 0 radical (unpaired) electrons. The molecule has 136 heavy (non-hydrogen) atoms. The van der Waals surface area contributed by atoms with Gasteiger partial charge in [-0.15, -0.1) is 0 Å². The van der Waals surface area contributed by atoms with Crippen LogP contribution in [0.25, 0.3) is 0 Å². The fourth-order valence-corrected chi connectivity index (χ4v) is 10.8. The molecular formula is C86H140BClF3NaO44. The summed E-state index contributed by atoms with van der Waals surface area (Å²) in [7, 11) is -1.57. The molecule has 780 valence electrons. The van der Waals surface area contributed by atoms with Crippen molar-refractivity contribution < 1.29 is 253 Å². The third-order valence-electron chi connectivity index (χ3n) is 18.5. The Kier molecular flexibility index (Phi) is 72.8. The number of ether oxygens (including phenoxy) is 22. The molecule has 5 heterocycles. The second-order valence-corrected chi connectivity index (χ2v) is 32.9. The first kappa shape index (κ1) is 138. The number of hydrogen-bond acceptors (Lipinski definition) is 44. The van der Waals surface area contributed by atoms with Gasteiger partial charge in [-0.25, -0.2) is 0 Å². The van der Waals surface area contributed by atoms with E-state index in [1.54, 1.807) is 48.5 Å². The van der Waals surface area contributed by atoms with E-state index in [9.17, 15) is 104 Å². The maximum atomic E-state index is 11.8. The van der Waals surface area contributed by atoms with E-state index in [1.165, 1.54) is 27.9 Å². The zero-order valence-corrected chi connectivity index (χ0v) is 86.3. The largest absolute Gasteiger partial charge is 1.00 e. The van der Waals surface area contributed by atoms with Crippen molar-refractivity contribution in [2.24, 2.45) is 27.1 Å². The van der Waals surface area contributed by atoms with Crippen molar-refractivity contribution in [3.8, 4) is 0 Å². The van der Waals surface area contributed by atoms with Gasteiger partial charge in [0.15, 0.2) is 61.4 Å². The van der Waals surface area contributed by atoms with E-state index in [0.29, 0.717) is 38.9 Å². The number of methoxy groups -OCH3 is 1. The summed E-state index contributed by atoms with van der Waals surface area (Å²) in [4.78, 5) is 216. The number of hydrogen-bond donors (Lipinski definition) is 2. The molecule has 0 unspecified atom stereocenters. The summed E-state index contributed by atoms with van der Waals surface area (Å²) < 4.78 is 143. The van der Waals surface area contributed by atoms with Gasteiger partial charge in [0.05, 0.1) is 44.4 Å². The molecule has 2 N–H and O–H groups in total. The quantitative estimate of drug-likeness (QED) is 0.0405.